The molecule has 1 saturated heterocycles. The summed E-state index contributed by atoms with van der Waals surface area (Å²) in [6.45, 7) is 5.29. The van der Waals surface area contributed by atoms with Gasteiger partial charge in [0.25, 0.3) is 0 Å². The molecule has 208 valence electrons. The smallest absolute Gasteiger partial charge is 0.337 e. The van der Waals surface area contributed by atoms with Crippen LogP contribution in [-0.2, 0) is 24.5 Å². The fraction of sp³-hybridized carbons (Fsp3) is 0.355. The Morgan fingerprint density at radius 1 is 1.10 bits per heavy atom. The van der Waals surface area contributed by atoms with E-state index in [9.17, 15) is 24.0 Å². The number of hydrogen-bond donors (Lipinski definition) is 1. The number of carbonyl (C=O) groups excluding carboxylic acids is 3. The standard InChI is InChI=1S/C31H32FN3O5/c1-20-18-31(30(38)39-3,26-7-5-4-6-24(26)19-33)27(21(2)34-20)29(37)40-17-16-35-14-12-23(13-15-35)28(36)22-8-10-25(32)11-9-22/h4-11,18,23,34H,12-17H2,1-3H3. The van der Waals surface area contributed by atoms with Crippen LogP contribution in [0, 0.1) is 23.1 Å². The number of piperidine rings is 1. The molecule has 0 amide bonds. The number of esters is 2. The largest absolute Gasteiger partial charge is 0.468 e. The Balaban J connectivity index is 1.45. The zero-order valence-corrected chi connectivity index (χ0v) is 22.8. The Kier molecular flexibility index (Phi) is 8.80. The van der Waals surface area contributed by atoms with E-state index in [4.69, 9.17) is 9.47 Å². The number of benzene rings is 2. The van der Waals surface area contributed by atoms with Crippen LogP contribution in [0.1, 0.15) is 48.2 Å². The molecule has 0 radical (unpaired) electrons. The minimum Gasteiger partial charge on any atom is -0.468 e. The summed E-state index contributed by atoms with van der Waals surface area (Å²) in [5.74, 6) is -1.89. The van der Waals surface area contributed by atoms with Crippen molar-refractivity contribution in [3.8, 4) is 6.07 Å². The Hall–Kier alpha value is -4.29. The van der Waals surface area contributed by atoms with Crippen LogP contribution < -0.4 is 5.32 Å². The number of dihydropyridines is 1. The van der Waals surface area contributed by atoms with E-state index >= 15 is 0 Å². The van der Waals surface area contributed by atoms with Gasteiger partial charge in [-0.3, -0.25) is 14.5 Å². The minimum absolute atomic E-state index is 0.0124. The highest BCUT2D eigenvalue weighted by Gasteiger charge is 2.51. The van der Waals surface area contributed by atoms with Gasteiger partial charge in [-0.2, -0.15) is 5.26 Å². The van der Waals surface area contributed by atoms with Crippen molar-refractivity contribution in [2.45, 2.75) is 32.1 Å². The molecule has 1 fully saturated rings. The summed E-state index contributed by atoms with van der Waals surface area (Å²) < 4.78 is 24.1. The lowest BCUT2D eigenvalue weighted by molar-refractivity contribution is -0.149. The first kappa shape index (κ1) is 28.7. The molecule has 9 heteroatoms. The molecular weight excluding hydrogens is 513 g/mol. The molecule has 2 aliphatic heterocycles. The highest BCUT2D eigenvalue weighted by Crippen LogP contribution is 2.42. The van der Waals surface area contributed by atoms with Crippen molar-refractivity contribution >= 4 is 17.7 Å². The number of nitriles is 1. The molecule has 2 aromatic rings. The van der Waals surface area contributed by atoms with Gasteiger partial charge in [-0.05, 0) is 81.7 Å². The van der Waals surface area contributed by atoms with Gasteiger partial charge in [0.2, 0.25) is 0 Å². The summed E-state index contributed by atoms with van der Waals surface area (Å²) in [4.78, 5) is 41.8. The molecular formula is C31H32FN3O5. The van der Waals surface area contributed by atoms with Gasteiger partial charge < -0.3 is 14.8 Å². The van der Waals surface area contributed by atoms with Crippen molar-refractivity contribution in [3.05, 3.63) is 94.1 Å². The molecule has 1 N–H and O–H groups in total. The number of allylic oxidation sites excluding steroid dienone is 2. The number of halogens is 1. The molecule has 1 unspecified atom stereocenters. The molecule has 2 aromatic carbocycles. The first-order valence-electron chi connectivity index (χ1n) is 13.2. The van der Waals surface area contributed by atoms with E-state index in [1.807, 2.05) is 0 Å². The molecule has 8 nitrogen and oxygen atoms in total. The van der Waals surface area contributed by atoms with E-state index in [0.717, 1.165) is 0 Å². The van der Waals surface area contributed by atoms with E-state index in [1.54, 1.807) is 44.2 Å². The molecule has 0 aliphatic carbocycles. The van der Waals surface area contributed by atoms with E-state index in [1.165, 1.54) is 31.4 Å². The molecule has 0 spiro atoms. The van der Waals surface area contributed by atoms with Gasteiger partial charge in [-0.15, -0.1) is 0 Å². The number of nitrogens with one attached hydrogen (secondary N) is 1. The average Bonchev–Trinajstić information content (AvgIpc) is 2.96. The SMILES string of the molecule is COC(=O)C1(c2ccccc2C#N)C=C(C)NC(C)=C1C(=O)OCCN1CCC(C(=O)c2ccc(F)cc2)CC1. The molecule has 40 heavy (non-hydrogen) atoms. The third-order valence-electron chi connectivity index (χ3n) is 7.50. The maximum Gasteiger partial charge on any atom is 0.337 e. The van der Waals surface area contributed by atoms with Gasteiger partial charge in [0.05, 0.1) is 24.3 Å². The minimum atomic E-state index is -1.66. The van der Waals surface area contributed by atoms with E-state index in [2.05, 4.69) is 16.3 Å². The topological polar surface area (TPSA) is 109 Å². The first-order valence-corrected chi connectivity index (χ1v) is 13.2. The summed E-state index contributed by atoms with van der Waals surface area (Å²) in [7, 11) is 1.24. The molecule has 4 rings (SSSR count). The van der Waals surface area contributed by atoms with Crippen molar-refractivity contribution in [1.29, 1.82) is 5.26 Å². The number of methoxy groups -OCH3 is 1. The Labute approximate surface area is 233 Å². The number of ketones is 1. The van der Waals surface area contributed by atoms with Crippen LogP contribution in [0.2, 0.25) is 0 Å². The third-order valence-corrected chi connectivity index (χ3v) is 7.50. The fourth-order valence-electron chi connectivity index (χ4n) is 5.58. The number of ether oxygens (including phenoxy) is 2. The van der Waals surface area contributed by atoms with Gasteiger partial charge in [-0.25, -0.2) is 9.18 Å². The highest BCUT2D eigenvalue weighted by molar-refractivity contribution is 6.05. The number of nitrogens with zero attached hydrogens (tertiary/aromatic N) is 2. The second-order valence-corrected chi connectivity index (χ2v) is 10.0. The van der Waals surface area contributed by atoms with Crippen molar-refractivity contribution in [2.75, 3.05) is 33.4 Å². The van der Waals surface area contributed by atoms with Gasteiger partial charge in [0.15, 0.2) is 5.78 Å². The zero-order valence-electron chi connectivity index (χ0n) is 22.8. The van der Waals surface area contributed by atoms with E-state index in [0.29, 0.717) is 55.0 Å². The Morgan fingerprint density at radius 2 is 1.77 bits per heavy atom. The number of carbonyl (C=O) groups is 3. The van der Waals surface area contributed by atoms with Crippen LogP contribution in [0.25, 0.3) is 0 Å². The van der Waals surface area contributed by atoms with Crippen LogP contribution in [0.3, 0.4) is 0 Å². The van der Waals surface area contributed by atoms with Crippen molar-refractivity contribution in [2.24, 2.45) is 5.92 Å². The lowest BCUT2D eigenvalue weighted by Crippen LogP contribution is -2.46. The number of hydrogen-bond acceptors (Lipinski definition) is 8. The highest BCUT2D eigenvalue weighted by atomic mass is 19.1. The lowest BCUT2D eigenvalue weighted by Gasteiger charge is -2.36. The van der Waals surface area contributed by atoms with Gasteiger partial charge in [-0.1, -0.05) is 18.2 Å². The Bertz CT molecular complexity index is 1400. The lowest BCUT2D eigenvalue weighted by atomic mass is 9.69. The maximum atomic E-state index is 13.6. The molecule has 0 bridgehead atoms. The molecule has 2 aliphatic rings. The summed E-state index contributed by atoms with van der Waals surface area (Å²) in [5, 5.41) is 12.9. The van der Waals surface area contributed by atoms with Crippen LogP contribution in [0.15, 0.2) is 71.6 Å². The number of Topliss-reactive ketones (excluding diaryl/α,β-unsaturated/α-hetero) is 1. The van der Waals surface area contributed by atoms with E-state index in [-0.39, 0.29) is 35.3 Å². The molecule has 0 saturated carbocycles. The van der Waals surface area contributed by atoms with Crippen LogP contribution in [0.4, 0.5) is 4.39 Å². The average molecular weight is 546 g/mol. The van der Waals surface area contributed by atoms with Crippen molar-refractivity contribution < 1.29 is 28.2 Å². The molecule has 1 atom stereocenters. The Morgan fingerprint density at radius 3 is 2.42 bits per heavy atom. The monoisotopic (exact) mass is 545 g/mol. The normalized spacial score (nSPS) is 19.7. The van der Waals surface area contributed by atoms with Gasteiger partial charge in [0.1, 0.15) is 17.8 Å². The fourth-order valence-corrected chi connectivity index (χ4v) is 5.58. The van der Waals surface area contributed by atoms with Crippen LogP contribution >= 0.6 is 0 Å². The summed E-state index contributed by atoms with van der Waals surface area (Å²) in [6, 6.07) is 14.4. The molecule has 2 heterocycles. The van der Waals surface area contributed by atoms with Crippen molar-refractivity contribution in [1.82, 2.24) is 10.2 Å². The van der Waals surface area contributed by atoms with Crippen LogP contribution in [-0.4, -0.2) is 56.0 Å². The van der Waals surface area contributed by atoms with Gasteiger partial charge in [0, 0.05) is 29.4 Å². The maximum absolute atomic E-state index is 13.6. The second kappa shape index (κ2) is 12.3. The predicted octanol–water partition coefficient (Wildman–Crippen LogP) is 4.03. The quantitative estimate of drug-likeness (QED) is 0.391. The number of rotatable bonds is 8. The summed E-state index contributed by atoms with van der Waals surface area (Å²) >= 11 is 0. The van der Waals surface area contributed by atoms with E-state index < -0.39 is 17.4 Å². The molecule has 0 aromatic heterocycles. The zero-order chi connectivity index (χ0) is 28.9. The third kappa shape index (κ3) is 5.68. The van der Waals surface area contributed by atoms with Crippen molar-refractivity contribution in [3.63, 3.8) is 0 Å². The summed E-state index contributed by atoms with van der Waals surface area (Å²) in [6.07, 6.45) is 2.90. The first-order chi connectivity index (χ1) is 19.2. The summed E-state index contributed by atoms with van der Waals surface area (Å²) in [5.41, 5.74) is 0.565. The second-order valence-electron chi connectivity index (χ2n) is 10.0. The van der Waals surface area contributed by atoms with Gasteiger partial charge >= 0.3 is 11.9 Å². The van der Waals surface area contributed by atoms with Crippen LogP contribution in [0.5, 0.6) is 0 Å². The predicted molar refractivity (Wildman–Crippen MR) is 145 cm³/mol. The number of likely N-dealkylation sites (tertiary alicyclic amines) is 1.